The molecule has 76 valence electrons. The van der Waals surface area contributed by atoms with Crippen molar-refractivity contribution in [2.75, 3.05) is 0 Å². The molecule has 1 aliphatic carbocycles. The fourth-order valence-electron chi connectivity index (χ4n) is 1.70. The van der Waals surface area contributed by atoms with Crippen molar-refractivity contribution in [3.05, 3.63) is 34.6 Å². The summed E-state index contributed by atoms with van der Waals surface area (Å²) in [7, 11) is 0. The Bertz CT molecular complexity index is 318. The van der Waals surface area contributed by atoms with Crippen molar-refractivity contribution < 1.29 is 4.39 Å². The Balaban J connectivity index is 1.85. The maximum atomic E-state index is 12.8. The van der Waals surface area contributed by atoms with Crippen molar-refractivity contribution in [3.63, 3.8) is 0 Å². The van der Waals surface area contributed by atoms with Gasteiger partial charge in [-0.15, -0.1) is 0 Å². The monoisotopic (exact) mass is 212 g/mol. The van der Waals surface area contributed by atoms with Gasteiger partial charge in [-0.25, -0.2) is 4.39 Å². The highest BCUT2D eigenvalue weighted by Crippen LogP contribution is 2.33. The van der Waals surface area contributed by atoms with Gasteiger partial charge >= 0.3 is 0 Å². The summed E-state index contributed by atoms with van der Waals surface area (Å²) in [5.74, 6) is 0.656. The number of halogens is 2. The van der Waals surface area contributed by atoms with E-state index in [4.69, 9.17) is 11.6 Å². The number of rotatable bonds is 4. The fourth-order valence-corrected chi connectivity index (χ4v) is 1.90. The maximum Gasteiger partial charge on any atom is 0.141 e. The first kappa shape index (κ1) is 9.97. The Kier molecular flexibility index (Phi) is 3.07. The molecule has 1 aromatic carbocycles. The molecule has 0 atom stereocenters. The van der Waals surface area contributed by atoms with Gasteiger partial charge in [0.15, 0.2) is 0 Å². The molecule has 1 aliphatic rings. The zero-order valence-corrected chi connectivity index (χ0v) is 8.86. The molecule has 14 heavy (non-hydrogen) atoms. The summed E-state index contributed by atoms with van der Waals surface area (Å²) < 4.78 is 12.8. The van der Waals surface area contributed by atoms with Crippen LogP contribution in [-0.4, -0.2) is 0 Å². The van der Waals surface area contributed by atoms with Crippen molar-refractivity contribution in [3.8, 4) is 0 Å². The van der Waals surface area contributed by atoms with E-state index >= 15 is 0 Å². The van der Waals surface area contributed by atoms with Crippen LogP contribution in [-0.2, 0) is 6.42 Å². The highest BCUT2D eigenvalue weighted by molar-refractivity contribution is 6.30. The van der Waals surface area contributed by atoms with Gasteiger partial charge in [0, 0.05) is 0 Å². The fraction of sp³-hybridized carbons (Fsp3) is 0.500. The van der Waals surface area contributed by atoms with E-state index < -0.39 is 0 Å². The molecule has 0 aromatic heterocycles. The summed E-state index contributed by atoms with van der Waals surface area (Å²) in [4.78, 5) is 0. The Morgan fingerprint density at radius 2 is 2.14 bits per heavy atom. The summed E-state index contributed by atoms with van der Waals surface area (Å²) in [6.45, 7) is 0. The number of hydrogen-bond donors (Lipinski definition) is 0. The minimum Gasteiger partial charge on any atom is -0.205 e. The molecule has 0 radical (unpaired) electrons. The third-order valence-corrected chi connectivity index (χ3v) is 3.05. The van der Waals surface area contributed by atoms with Gasteiger partial charge in [0.25, 0.3) is 0 Å². The quantitative estimate of drug-likeness (QED) is 0.702. The van der Waals surface area contributed by atoms with Gasteiger partial charge in [0.2, 0.25) is 0 Å². The van der Waals surface area contributed by atoms with Crippen molar-refractivity contribution in [2.45, 2.75) is 32.1 Å². The molecule has 0 spiro atoms. The normalized spacial score (nSPS) is 15.9. The van der Waals surface area contributed by atoms with Gasteiger partial charge in [-0.2, -0.15) is 0 Å². The Morgan fingerprint density at radius 3 is 2.79 bits per heavy atom. The van der Waals surface area contributed by atoms with Crippen molar-refractivity contribution in [1.29, 1.82) is 0 Å². The van der Waals surface area contributed by atoms with Gasteiger partial charge in [0.1, 0.15) is 5.82 Å². The second-order valence-electron chi connectivity index (χ2n) is 4.08. The lowest BCUT2D eigenvalue weighted by Crippen LogP contribution is -1.88. The Hall–Kier alpha value is -0.560. The van der Waals surface area contributed by atoms with E-state index in [2.05, 4.69) is 0 Å². The van der Waals surface area contributed by atoms with Crippen molar-refractivity contribution >= 4 is 11.6 Å². The van der Waals surface area contributed by atoms with Crippen molar-refractivity contribution in [1.82, 2.24) is 0 Å². The summed E-state index contributed by atoms with van der Waals surface area (Å²) in [5.41, 5.74) is 1.15. The number of aryl methyl sites for hydroxylation is 1. The summed E-state index contributed by atoms with van der Waals surface area (Å²) in [6, 6.07) is 5.02. The zero-order valence-electron chi connectivity index (χ0n) is 8.10. The van der Waals surface area contributed by atoms with Crippen LogP contribution in [0.5, 0.6) is 0 Å². The van der Waals surface area contributed by atoms with Crippen LogP contribution < -0.4 is 0 Å². The van der Waals surface area contributed by atoms with E-state index in [1.165, 1.54) is 31.7 Å². The van der Waals surface area contributed by atoms with E-state index in [-0.39, 0.29) is 10.8 Å². The standard InChI is InChI=1S/C12H14ClF/c13-11-8-10(6-7-12(11)14)3-1-2-9-4-5-9/h6-9H,1-5H2. The van der Waals surface area contributed by atoms with E-state index in [0.29, 0.717) is 0 Å². The van der Waals surface area contributed by atoms with Gasteiger partial charge in [0.05, 0.1) is 5.02 Å². The second kappa shape index (κ2) is 4.31. The first-order valence-electron chi connectivity index (χ1n) is 5.19. The first-order chi connectivity index (χ1) is 6.75. The predicted octanol–water partition coefficient (Wildman–Crippen LogP) is 4.21. The summed E-state index contributed by atoms with van der Waals surface area (Å²) in [6.07, 6.45) is 6.35. The SMILES string of the molecule is Fc1ccc(CCCC2CC2)cc1Cl. The smallest absolute Gasteiger partial charge is 0.141 e. The van der Waals surface area contributed by atoms with Gasteiger partial charge in [-0.1, -0.05) is 36.9 Å². The molecule has 0 saturated heterocycles. The molecule has 0 unspecified atom stereocenters. The van der Waals surface area contributed by atoms with Crippen LogP contribution >= 0.6 is 11.6 Å². The summed E-state index contributed by atoms with van der Waals surface area (Å²) >= 11 is 5.69. The minimum absolute atomic E-state index is 0.244. The van der Waals surface area contributed by atoms with Gasteiger partial charge in [-0.3, -0.25) is 0 Å². The van der Waals surface area contributed by atoms with Crippen LogP contribution in [0, 0.1) is 11.7 Å². The molecule has 0 amide bonds. The lowest BCUT2D eigenvalue weighted by atomic mass is 10.1. The molecule has 0 heterocycles. The Labute approximate surface area is 89.1 Å². The molecular formula is C12H14ClF. The number of hydrogen-bond acceptors (Lipinski definition) is 0. The molecule has 0 aliphatic heterocycles. The van der Waals surface area contributed by atoms with Crippen LogP contribution in [0.2, 0.25) is 5.02 Å². The van der Waals surface area contributed by atoms with Crippen LogP contribution in [0.1, 0.15) is 31.2 Å². The van der Waals surface area contributed by atoms with E-state index in [1.54, 1.807) is 6.07 Å². The van der Waals surface area contributed by atoms with E-state index in [9.17, 15) is 4.39 Å². The lowest BCUT2D eigenvalue weighted by molar-refractivity contribution is 0.625. The molecule has 1 saturated carbocycles. The predicted molar refractivity (Wildman–Crippen MR) is 57.1 cm³/mol. The zero-order chi connectivity index (χ0) is 9.97. The molecule has 2 heteroatoms. The van der Waals surface area contributed by atoms with E-state index in [0.717, 1.165) is 17.9 Å². The van der Waals surface area contributed by atoms with Crippen LogP contribution in [0.4, 0.5) is 4.39 Å². The van der Waals surface area contributed by atoms with Gasteiger partial charge in [-0.05, 0) is 36.5 Å². The third kappa shape index (κ3) is 2.71. The van der Waals surface area contributed by atoms with Crippen LogP contribution in [0.15, 0.2) is 18.2 Å². The van der Waals surface area contributed by atoms with Crippen LogP contribution in [0.25, 0.3) is 0 Å². The highest BCUT2D eigenvalue weighted by atomic mass is 35.5. The van der Waals surface area contributed by atoms with Gasteiger partial charge < -0.3 is 0 Å². The third-order valence-electron chi connectivity index (χ3n) is 2.76. The largest absolute Gasteiger partial charge is 0.205 e. The molecule has 0 N–H and O–H groups in total. The molecule has 0 bridgehead atoms. The van der Waals surface area contributed by atoms with E-state index in [1.807, 2.05) is 6.07 Å². The minimum atomic E-state index is -0.322. The highest BCUT2D eigenvalue weighted by Gasteiger charge is 2.20. The topological polar surface area (TPSA) is 0 Å². The lowest BCUT2D eigenvalue weighted by Gasteiger charge is -2.02. The maximum absolute atomic E-state index is 12.8. The Morgan fingerprint density at radius 1 is 1.36 bits per heavy atom. The molecule has 0 nitrogen and oxygen atoms in total. The van der Waals surface area contributed by atoms with Crippen LogP contribution in [0.3, 0.4) is 0 Å². The molecule has 1 aromatic rings. The average molecular weight is 213 g/mol. The molecule has 2 rings (SSSR count). The van der Waals surface area contributed by atoms with Crippen molar-refractivity contribution in [2.24, 2.45) is 5.92 Å². The molecular weight excluding hydrogens is 199 g/mol. The summed E-state index contributed by atoms with van der Waals surface area (Å²) in [5, 5.41) is 0.244. The second-order valence-corrected chi connectivity index (χ2v) is 4.49. The first-order valence-corrected chi connectivity index (χ1v) is 5.57. The molecule has 1 fully saturated rings. The average Bonchev–Trinajstić information content (AvgIpc) is 2.95. The number of benzene rings is 1.